The van der Waals surface area contributed by atoms with Crippen LogP contribution in [0.15, 0.2) is 41.2 Å². The van der Waals surface area contributed by atoms with Gasteiger partial charge >= 0.3 is 0 Å². The molecule has 1 heterocycles. The summed E-state index contributed by atoms with van der Waals surface area (Å²) >= 11 is 0. The molecule has 0 spiro atoms. The van der Waals surface area contributed by atoms with Crippen LogP contribution in [0.5, 0.6) is 0 Å². The van der Waals surface area contributed by atoms with Crippen LogP contribution in [0.4, 0.5) is 0 Å². The zero-order valence-corrected chi connectivity index (χ0v) is 12.9. The predicted molar refractivity (Wildman–Crippen MR) is 85.6 cm³/mol. The number of carbonyl (C=O) groups excluding carboxylic acids is 1. The number of aromatic nitrogens is 2. The van der Waals surface area contributed by atoms with Gasteiger partial charge in [-0.2, -0.15) is 0 Å². The maximum atomic E-state index is 12.0. The zero-order chi connectivity index (χ0) is 15.9. The van der Waals surface area contributed by atoms with Crippen LogP contribution < -0.4 is 10.9 Å². The van der Waals surface area contributed by atoms with Crippen LogP contribution in [-0.4, -0.2) is 15.9 Å². The maximum absolute atomic E-state index is 12.0. The highest BCUT2D eigenvalue weighted by Gasteiger charge is 2.07. The number of hydrogen-bond donors (Lipinski definition) is 2. The molecule has 0 saturated heterocycles. The van der Waals surface area contributed by atoms with Gasteiger partial charge in [-0.1, -0.05) is 32.0 Å². The minimum absolute atomic E-state index is 0.175. The van der Waals surface area contributed by atoms with Gasteiger partial charge in [-0.3, -0.25) is 9.59 Å². The SMILES string of the molecule is CC(C)CCc1nc(CNC(=O)c2ccccc2)cc(=O)[nH]1. The summed E-state index contributed by atoms with van der Waals surface area (Å²) in [6.07, 6.45) is 1.69. The lowest BCUT2D eigenvalue weighted by Crippen LogP contribution is -2.25. The number of aromatic amines is 1. The second-order valence-electron chi connectivity index (χ2n) is 5.66. The summed E-state index contributed by atoms with van der Waals surface area (Å²) in [5.74, 6) is 1.04. The Hall–Kier alpha value is -2.43. The van der Waals surface area contributed by atoms with Crippen molar-refractivity contribution in [2.45, 2.75) is 33.2 Å². The smallest absolute Gasteiger partial charge is 0.251 e. The second kappa shape index (κ2) is 7.54. The number of benzene rings is 1. The molecule has 0 aliphatic carbocycles. The molecule has 0 aliphatic rings. The molecule has 0 saturated carbocycles. The van der Waals surface area contributed by atoms with E-state index in [1.807, 2.05) is 18.2 Å². The number of carbonyl (C=O) groups is 1. The highest BCUT2D eigenvalue weighted by molar-refractivity contribution is 5.94. The van der Waals surface area contributed by atoms with Gasteiger partial charge in [0.1, 0.15) is 5.82 Å². The van der Waals surface area contributed by atoms with E-state index in [0.717, 1.165) is 12.8 Å². The predicted octanol–water partition coefficient (Wildman–Crippen LogP) is 2.29. The van der Waals surface area contributed by atoms with Gasteiger partial charge < -0.3 is 10.3 Å². The van der Waals surface area contributed by atoms with E-state index >= 15 is 0 Å². The topological polar surface area (TPSA) is 74.8 Å². The Balaban J connectivity index is 2.00. The van der Waals surface area contributed by atoms with Crippen molar-refractivity contribution in [3.8, 4) is 0 Å². The van der Waals surface area contributed by atoms with Gasteiger partial charge in [0.2, 0.25) is 0 Å². The summed E-state index contributed by atoms with van der Waals surface area (Å²) in [6.45, 7) is 4.50. The first-order valence-electron chi connectivity index (χ1n) is 7.47. The quantitative estimate of drug-likeness (QED) is 0.859. The molecular formula is C17H21N3O2. The van der Waals surface area contributed by atoms with Crippen molar-refractivity contribution >= 4 is 5.91 Å². The van der Waals surface area contributed by atoms with Crippen LogP contribution in [0.3, 0.4) is 0 Å². The third-order valence-electron chi connectivity index (χ3n) is 3.27. The van der Waals surface area contributed by atoms with Gasteiger partial charge in [-0.05, 0) is 24.5 Å². The standard InChI is InChI=1S/C17H21N3O2/c1-12(2)8-9-15-19-14(10-16(21)20-15)11-18-17(22)13-6-4-3-5-7-13/h3-7,10,12H,8-9,11H2,1-2H3,(H,18,22)(H,19,20,21). The fraction of sp³-hybridized carbons (Fsp3) is 0.353. The molecule has 0 bridgehead atoms. The van der Waals surface area contributed by atoms with Crippen molar-refractivity contribution in [3.63, 3.8) is 0 Å². The summed E-state index contributed by atoms with van der Waals surface area (Å²) < 4.78 is 0. The van der Waals surface area contributed by atoms with Gasteiger partial charge in [0.25, 0.3) is 11.5 Å². The Kier molecular flexibility index (Phi) is 5.47. The highest BCUT2D eigenvalue weighted by atomic mass is 16.1. The Morgan fingerprint density at radius 1 is 1.27 bits per heavy atom. The molecule has 0 fully saturated rings. The highest BCUT2D eigenvalue weighted by Crippen LogP contribution is 2.05. The normalized spacial score (nSPS) is 10.7. The first-order valence-corrected chi connectivity index (χ1v) is 7.47. The van der Waals surface area contributed by atoms with Crippen molar-refractivity contribution < 1.29 is 4.79 Å². The molecule has 116 valence electrons. The number of aryl methyl sites for hydroxylation is 1. The molecule has 2 N–H and O–H groups in total. The average molecular weight is 299 g/mol. The molecule has 0 radical (unpaired) electrons. The number of nitrogens with one attached hydrogen (secondary N) is 2. The van der Waals surface area contributed by atoms with Gasteiger partial charge in [0, 0.05) is 18.1 Å². The monoisotopic (exact) mass is 299 g/mol. The van der Waals surface area contributed by atoms with Crippen LogP contribution in [0.1, 0.15) is 42.1 Å². The average Bonchev–Trinajstić information content (AvgIpc) is 2.51. The molecule has 22 heavy (non-hydrogen) atoms. The molecule has 0 unspecified atom stereocenters. The number of nitrogens with zero attached hydrogens (tertiary/aromatic N) is 1. The van der Waals surface area contributed by atoms with Crippen LogP contribution in [0.25, 0.3) is 0 Å². The molecule has 5 heteroatoms. The molecule has 2 rings (SSSR count). The van der Waals surface area contributed by atoms with Gasteiger partial charge in [0.05, 0.1) is 12.2 Å². The van der Waals surface area contributed by atoms with E-state index in [1.54, 1.807) is 12.1 Å². The van der Waals surface area contributed by atoms with Crippen LogP contribution in [-0.2, 0) is 13.0 Å². The maximum Gasteiger partial charge on any atom is 0.251 e. The van der Waals surface area contributed by atoms with Crippen molar-refractivity contribution in [3.05, 3.63) is 63.8 Å². The summed E-state index contributed by atoms with van der Waals surface area (Å²) in [5.41, 5.74) is 0.983. The number of amides is 1. The summed E-state index contributed by atoms with van der Waals surface area (Å²) in [6, 6.07) is 10.4. The van der Waals surface area contributed by atoms with Crippen molar-refractivity contribution in [1.82, 2.24) is 15.3 Å². The van der Waals surface area contributed by atoms with Gasteiger partial charge in [-0.15, -0.1) is 0 Å². The van der Waals surface area contributed by atoms with Crippen molar-refractivity contribution in [2.75, 3.05) is 0 Å². The molecule has 0 aliphatic heterocycles. The fourth-order valence-corrected chi connectivity index (χ4v) is 2.06. The molecule has 1 aromatic carbocycles. The third kappa shape index (κ3) is 4.84. The summed E-state index contributed by atoms with van der Waals surface area (Å²) in [7, 11) is 0. The molecule has 0 atom stereocenters. The van der Waals surface area contributed by atoms with Crippen LogP contribution in [0, 0.1) is 5.92 Å². The molecule has 2 aromatic rings. The Morgan fingerprint density at radius 3 is 2.68 bits per heavy atom. The van der Waals surface area contributed by atoms with E-state index in [-0.39, 0.29) is 18.0 Å². The van der Waals surface area contributed by atoms with E-state index in [9.17, 15) is 9.59 Å². The van der Waals surface area contributed by atoms with Gasteiger partial charge in [0.15, 0.2) is 0 Å². The second-order valence-corrected chi connectivity index (χ2v) is 5.66. The van der Waals surface area contributed by atoms with E-state index in [1.165, 1.54) is 6.07 Å². The first kappa shape index (κ1) is 15.9. The lowest BCUT2D eigenvalue weighted by molar-refractivity contribution is 0.0950. The van der Waals surface area contributed by atoms with Crippen molar-refractivity contribution in [2.24, 2.45) is 5.92 Å². The first-order chi connectivity index (χ1) is 10.5. The summed E-state index contributed by atoms with van der Waals surface area (Å²) in [4.78, 5) is 30.8. The number of rotatable bonds is 6. The Morgan fingerprint density at radius 2 is 2.00 bits per heavy atom. The van der Waals surface area contributed by atoms with E-state index in [4.69, 9.17) is 0 Å². The van der Waals surface area contributed by atoms with Gasteiger partial charge in [-0.25, -0.2) is 4.98 Å². The number of H-pyrrole nitrogens is 1. The minimum Gasteiger partial charge on any atom is -0.346 e. The molecule has 5 nitrogen and oxygen atoms in total. The molecule has 1 amide bonds. The zero-order valence-electron chi connectivity index (χ0n) is 12.9. The van der Waals surface area contributed by atoms with Crippen LogP contribution >= 0.6 is 0 Å². The third-order valence-corrected chi connectivity index (χ3v) is 3.27. The fourth-order valence-electron chi connectivity index (χ4n) is 2.06. The van der Waals surface area contributed by atoms with E-state index < -0.39 is 0 Å². The lowest BCUT2D eigenvalue weighted by Gasteiger charge is -2.07. The van der Waals surface area contributed by atoms with Crippen molar-refractivity contribution in [1.29, 1.82) is 0 Å². The molecular weight excluding hydrogens is 278 g/mol. The number of hydrogen-bond acceptors (Lipinski definition) is 3. The summed E-state index contributed by atoms with van der Waals surface area (Å²) in [5, 5.41) is 2.78. The van der Waals surface area contributed by atoms with E-state index in [0.29, 0.717) is 23.0 Å². The van der Waals surface area contributed by atoms with Crippen LogP contribution in [0.2, 0.25) is 0 Å². The minimum atomic E-state index is -0.183. The lowest BCUT2D eigenvalue weighted by atomic mass is 10.1. The largest absolute Gasteiger partial charge is 0.346 e. The Bertz CT molecular complexity index is 678. The Labute approximate surface area is 129 Å². The molecule has 1 aromatic heterocycles. The van der Waals surface area contributed by atoms with E-state index in [2.05, 4.69) is 29.1 Å².